The minimum atomic E-state index is -0.0438. The summed E-state index contributed by atoms with van der Waals surface area (Å²) in [5.74, 6) is 3.79. The van der Waals surface area contributed by atoms with Crippen LogP contribution in [-0.2, 0) is 0 Å². The van der Waals surface area contributed by atoms with E-state index in [1.165, 1.54) is 139 Å². The summed E-state index contributed by atoms with van der Waals surface area (Å²) in [5.41, 5.74) is 26.5. The van der Waals surface area contributed by atoms with Gasteiger partial charge in [0.15, 0.2) is 0 Å². The standard InChI is InChI=1S/C28H25N3.2C23H18N2S.2C17H14N2S/c1-20-29-27(25-10-6-3-7-11-25)31-28(30-20)26-18-16-24(17-19-26)23-14-12-22(13-15-23)21-8-4-2-5-9-21;1-15-22-21(19-12-5-6-13-20(19)26-22)25-23(24-15)18-11-7-10-17(14-18)16-8-3-2-4-9-16;1-15-22-21(19-9-5-6-10-20(19)26-22)25-23(24-15)18-13-11-17(12-14-18)16-7-3-2-4-8-16;1-11-16-15(13-9-5-6-10-14(13)20-16)19-17(18-11)12-7-3-2-4-8-12;1-11-18-15(12-7-3-2-4-8-12)17-16(19-11)13-9-5-6-10-14(13)20-17/h2-20,27,29H,1H3,(H,30,31);2*2-14,21H,1H3,(H,24,25);2-10,15H,1H3,(H,18,19);2-11,19H,1H3. The molecule has 15 aromatic rings. The average Bonchev–Trinajstić information content (AvgIpc) is 1.64. The topological polar surface area (TPSA) is 134 Å². The Labute approximate surface area is 736 Å². The van der Waals surface area contributed by atoms with Crippen LogP contribution in [0.1, 0.15) is 114 Å². The van der Waals surface area contributed by atoms with Gasteiger partial charge in [0.1, 0.15) is 53.8 Å². The van der Waals surface area contributed by atoms with Crippen LogP contribution < -0.4 is 31.9 Å². The van der Waals surface area contributed by atoms with E-state index >= 15 is 0 Å². The number of thioether (sulfide) groups is 3. The van der Waals surface area contributed by atoms with Crippen LogP contribution >= 0.6 is 46.6 Å². The highest BCUT2D eigenvalue weighted by atomic mass is 32.2. The second kappa shape index (κ2) is 36.1. The van der Waals surface area contributed by atoms with E-state index in [1.807, 2.05) is 95.2 Å². The Hall–Kier alpha value is -13.4. The fourth-order valence-electron chi connectivity index (χ4n) is 16.3. The van der Waals surface area contributed by atoms with Gasteiger partial charge in [-0.15, -0.1) is 11.3 Å². The molecule has 0 bridgehead atoms. The van der Waals surface area contributed by atoms with Gasteiger partial charge in [0, 0.05) is 84.4 Å². The van der Waals surface area contributed by atoms with Crippen LogP contribution in [0.5, 0.6) is 0 Å². The highest BCUT2D eigenvalue weighted by Crippen LogP contribution is 2.54. The maximum Gasteiger partial charge on any atom is 0.133 e. The van der Waals surface area contributed by atoms with Gasteiger partial charge in [-0.25, -0.2) is 4.99 Å². The molecule has 1 aromatic heterocycles. The lowest BCUT2D eigenvalue weighted by Crippen LogP contribution is -2.49. The molecule has 8 aliphatic heterocycles. The van der Waals surface area contributed by atoms with Crippen molar-refractivity contribution in [3.05, 3.63) is 463 Å². The first-order valence-corrected chi connectivity index (χ1v) is 44.9. The molecule has 600 valence electrons. The smallest absolute Gasteiger partial charge is 0.133 e. The summed E-state index contributed by atoms with van der Waals surface area (Å²) < 4.78 is 1.31. The number of nitrogens with zero attached hydrogens (tertiary/aromatic N) is 5. The molecule has 0 saturated carbocycles. The fraction of sp³-hybridized carbons (Fsp3) is 0.102. The predicted octanol–water partition coefficient (Wildman–Crippen LogP) is 26.2. The van der Waals surface area contributed by atoms with E-state index in [4.69, 9.17) is 25.0 Å². The van der Waals surface area contributed by atoms with Gasteiger partial charge < -0.3 is 26.6 Å². The molecule has 6 atom stereocenters. The quantitative estimate of drug-likeness (QED) is 0.0792. The summed E-state index contributed by atoms with van der Waals surface area (Å²) in [6.45, 7) is 10.6. The van der Waals surface area contributed by atoms with Gasteiger partial charge >= 0.3 is 0 Å². The lowest BCUT2D eigenvalue weighted by atomic mass is 9.99. The normalized spacial score (nSPS) is 18.3. The molecule has 0 amide bonds. The zero-order valence-corrected chi connectivity index (χ0v) is 71.9. The zero-order chi connectivity index (χ0) is 83.1. The summed E-state index contributed by atoms with van der Waals surface area (Å²) >= 11 is 7.32. The maximum atomic E-state index is 5.07. The number of aliphatic imine (C=N–C) groups is 5. The van der Waals surface area contributed by atoms with Gasteiger partial charge in [-0.1, -0.05) is 381 Å². The van der Waals surface area contributed by atoms with Crippen LogP contribution in [0, 0.1) is 0 Å². The molecule has 23 rings (SSSR count). The van der Waals surface area contributed by atoms with E-state index in [0.717, 1.165) is 51.3 Å². The fourth-order valence-corrected chi connectivity index (χ4v) is 21.1. The van der Waals surface area contributed by atoms with E-state index in [9.17, 15) is 0 Å². The number of allylic oxidation sites excluding steroid dienone is 3. The zero-order valence-electron chi connectivity index (χ0n) is 68.6. The summed E-state index contributed by atoms with van der Waals surface area (Å²) in [6.07, 6.45) is 0.205. The van der Waals surface area contributed by atoms with Gasteiger partial charge in [0.2, 0.25) is 0 Å². The number of amidine groups is 4. The van der Waals surface area contributed by atoms with Gasteiger partial charge in [-0.3, -0.25) is 25.3 Å². The van der Waals surface area contributed by atoms with Crippen LogP contribution in [-0.4, -0.2) is 41.4 Å². The summed E-state index contributed by atoms with van der Waals surface area (Å²) in [4.78, 5) is 33.9. The number of fused-ring (bicyclic) bond motifs is 12. The molecule has 0 aliphatic carbocycles. The van der Waals surface area contributed by atoms with Crippen molar-refractivity contribution < 1.29 is 0 Å². The van der Waals surface area contributed by atoms with E-state index < -0.39 is 0 Å². The summed E-state index contributed by atoms with van der Waals surface area (Å²) in [7, 11) is 0. The second-order valence-electron chi connectivity index (χ2n) is 31.0. The summed E-state index contributed by atoms with van der Waals surface area (Å²) in [5, 5.41) is 22.2. The van der Waals surface area contributed by atoms with Crippen molar-refractivity contribution in [2.24, 2.45) is 25.0 Å². The number of nitrogens with one attached hydrogen (secondary N) is 6. The van der Waals surface area contributed by atoms with E-state index in [0.29, 0.717) is 0 Å². The highest BCUT2D eigenvalue weighted by Gasteiger charge is 2.36. The van der Waals surface area contributed by atoms with E-state index in [-0.39, 0.29) is 36.6 Å². The molecule has 8 aliphatic rings. The van der Waals surface area contributed by atoms with Crippen molar-refractivity contribution in [2.75, 3.05) is 5.32 Å². The number of hydrogen-bond acceptors (Lipinski definition) is 15. The third-order valence-corrected chi connectivity index (χ3v) is 27.8. The maximum absolute atomic E-state index is 5.07. The molecule has 0 saturated heterocycles. The molecule has 11 nitrogen and oxygen atoms in total. The Morgan fingerprint density at radius 2 is 0.610 bits per heavy atom. The number of benzene rings is 14. The second-order valence-corrected chi connectivity index (χ2v) is 35.3. The predicted molar refractivity (Wildman–Crippen MR) is 518 cm³/mol. The number of rotatable bonds is 10. The lowest BCUT2D eigenvalue weighted by Gasteiger charge is -2.29. The van der Waals surface area contributed by atoms with Crippen molar-refractivity contribution in [1.29, 1.82) is 0 Å². The van der Waals surface area contributed by atoms with Crippen LogP contribution in [0.25, 0.3) is 54.6 Å². The minimum absolute atomic E-state index is 0.0438. The first-order chi connectivity index (χ1) is 60.5. The Balaban J connectivity index is 0.000000102. The van der Waals surface area contributed by atoms with Crippen molar-refractivity contribution in [3.63, 3.8) is 0 Å². The van der Waals surface area contributed by atoms with E-state index in [2.05, 4.69) is 394 Å². The molecule has 15 heteroatoms. The Kier molecular flexibility index (Phi) is 23.3. The van der Waals surface area contributed by atoms with E-state index in [1.54, 1.807) is 0 Å². The lowest BCUT2D eigenvalue weighted by molar-refractivity contribution is 0.422. The van der Waals surface area contributed by atoms with Crippen LogP contribution in [0.2, 0.25) is 0 Å². The largest absolute Gasteiger partial charge is 0.362 e. The molecule has 14 aromatic carbocycles. The van der Waals surface area contributed by atoms with Gasteiger partial charge in [0.05, 0.1) is 22.4 Å². The van der Waals surface area contributed by atoms with Gasteiger partial charge in [-0.2, -0.15) is 0 Å². The monoisotopic (exact) mass is 1670 g/mol. The molecular weight excluding hydrogens is 1580 g/mol. The van der Waals surface area contributed by atoms with Gasteiger partial charge in [-0.05, 0) is 132 Å². The number of anilines is 1. The van der Waals surface area contributed by atoms with Crippen LogP contribution in [0.3, 0.4) is 0 Å². The van der Waals surface area contributed by atoms with Crippen LogP contribution in [0.4, 0.5) is 5.69 Å². The van der Waals surface area contributed by atoms with Crippen molar-refractivity contribution >= 4 is 91.5 Å². The number of hydrogen-bond donors (Lipinski definition) is 6. The Morgan fingerprint density at radius 1 is 0.276 bits per heavy atom. The van der Waals surface area contributed by atoms with Crippen molar-refractivity contribution in [2.45, 2.75) is 85.9 Å². The van der Waals surface area contributed by atoms with Crippen molar-refractivity contribution in [1.82, 2.24) is 26.6 Å². The first-order valence-electron chi connectivity index (χ1n) is 41.7. The number of thiophene rings is 1. The molecule has 6 N–H and O–H groups in total. The highest BCUT2D eigenvalue weighted by molar-refractivity contribution is 8.04. The first kappa shape index (κ1) is 79.4. The average molecular weight is 1670 g/mol. The molecule has 9 heterocycles. The minimum Gasteiger partial charge on any atom is -0.362 e. The van der Waals surface area contributed by atoms with Crippen molar-refractivity contribution in [3.8, 4) is 44.5 Å². The van der Waals surface area contributed by atoms with Crippen LogP contribution in [0.15, 0.2) is 448 Å². The SMILES string of the molecule is CC1=C2Sc3ccccc3C2N=C(c2ccc(-c3ccccc3)cc2)N1.CC1=C2Sc3ccccc3C2N=C(c2cccc(-c3ccccc3)c2)N1.CC1=C2Sc3ccccc3C2N=C(c2ccccc2)N1.CC1N=C(c2ccccc2)c2sc3ccccc3c2N1.CC1NC(c2ccc(-c3ccc(-c4ccccc4)cc3)cc2)=NC(c2ccccc2)N1. The molecule has 123 heavy (non-hydrogen) atoms. The third kappa shape index (κ3) is 17.4. The summed E-state index contributed by atoms with van der Waals surface area (Å²) in [6, 6.07) is 132. The Morgan fingerprint density at radius 3 is 1.07 bits per heavy atom. The third-order valence-electron chi connectivity index (χ3n) is 22.6. The molecule has 6 unspecified atom stereocenters. The Bertz CT molecular complexity index is 6650. The van der Waals surface area contributed by atoms with Gasteiger partial charge in [0.25, 0.3) is 0 Å². The molecule has 0 radical (unpaired) electrons. The molecule has 0 spiro atoms. The molecular formula is C108H89N11S4. The molecule has 0 fully saturated rings.